The number of thioether (sulfide) groups is 1. The fourth-order valence-corrected chi connectivity index (χ4v) is 1.75. The van der Waals surface area contributed by atoms with Gasteiger partial charge in [0.15, 0.2) is 0 Å². The first kappa shape index (κ1) is 11.3. The van der Waals surface area contributed by atoms with Crippen molar-refractivity contribution in [3.05, 3.63) is 18.1 Å². The molecular formula is C9H15N3OS. The quantitative estimate of drug-likeness (QED) is 0.722. The van der Waals surface area contributed by atoms with Crippen LogP contribution < -0.4 is 5.73 Å². The molecule has 1 aromatic heterocycles. The molecule has 0 spiro atoms. The standard InChI is InChI=1S/C9H15N3OS/c1-13-3-2-4-14-7-8-5-12-9(10)6-11-8/h5-6H,2-4,7H2,1H3,(H2,10,12). The molecule has 0 saturated carbocycles. The number of ether oxygens (including phenoxy) is 1. The molecule has 1 heterocycles. The molecule has 5 heteroatoms. The van der Waals surface area contributed by atoms with Gasteiger partial charge in [0, 0.05) is 19.5 Å². The summed E-state index contributed by atoms with van der Waals surface area (Å²) in [6, 6.07) is 0. The van der Waals surface area contributed by atoms with Crippen molar-refractivity contribution in [1.29, 1.82) is 0 Å². The molecule has 14 heavy (non-hydrogen) atoms. The summed E-state index contributed by atoms with van der Waals surface area (Å²) in [7, 11) is 1.72. The van der Waals surface area contributed by atoms with E-state index in [9.17, 15) is 0 Å². The number of hydrogen-bond acceptors (Lipinski definition) is 5. The highest BCUT2D eigenvalue weighted by atomic mass is 32.2. The van der Waals surface area contributed by atoms with Crippen LogP contribution in [0.1, 0.15) is 12.1 Å². The van der Waals surface area contributed by atoms with Gasteiger partial charge in [-0.2, -0.15) is 11.8 Å². The van der Waals surface area contributed by atoms with E-state index < -0.39 is 0 Å². The van der Waals surface area contributed by atoms with Gasteiger partial charge in [0.05, 0.1) is 18.1 Å². The van der Waals surface area contributed by atoms with Gasteiger partial charge in [-0.3, -0.25) is 4.98 Å². The largest absolute Gasteiger partial charge is 0.385 e. The van der Waals surface area contributed by atoms with Crippen molar-refractivity contribution in [2.45, 2.75) is 12.2 Å². The first-order valence-electron chi connectivity index (χ1n) is 4.46. The lowest BCUT2D eigenvalue weighted by Gasteiger charge is -2.00. The number of nitrogen functional groups attached to an aromatic ring is 1. The smallest absolute Gasteiger partial charge is 0.141 e. The van der Waals surface area contributed by atoms with Crippen LogP contribution in [0.3, 0.4) is 0 Å². The minimum atomic E-state index is 0.470. The molecule has 0 bridgehead atoms. The van der Waals surface area contributed by atoms with Crippen LogP contribution in [-0.2, 0) is 10.5 Å². The summed E-state index contributed by atoms with van der Waals surface area (Å²) in [6.45, 7) is 0.820. The van der Waals surface area contributed by atoms with E-state index in [1.54, 1.807) is 19.5 Å². The maximum Gasteiger partial charge on any atom is 0.141 e. The van der Waals surface area contributed by atoms with Gasteiger partial charge in [-0.05, 0) is 12.2 Å². The van der Waals surface area contributed by atoms with Gasteiger partial charge in [0.2, 0.25) is 0 Å². The van der Waals surface area contributed by atoms with E-state index in [4.69, 9.17) is 10.5 Å². The van der Waals surface area contributed by atoms with Crippen molar-refractivity contribution in [3.8, 4) is 0 Å². The second-order valence-corrected chi connectivity index (χ2v) is 3.94. The molecule has 0 aliphatic carbocycles. The summed E-state index contributed by atoms with van der Waals surface area (Å²) in [6.07, 6.45) is 4.38. The number of nitrogens with two attached hydrogens (primary N) is 1. The van der Waals surface area contributed by atoms with Crippen LogP contribution in [0.25, 0.3) is 0 Å². The van der Waals surface area contributed by atoms with E-state index in [1.807, 2.05) is 11.8 Å². The zero-order chi connectivity index (χ0) is 10.2. The highest BCUT2D eigenvalue weighted by Crippen LogP contribution is 2.10. The van der Waals surface area contributed by atoms with Gasteiger partial charge in [0.1, 0.15) is 5.82 Å². The number of hydrogen-bond donors (Lipinski definition) is 1. The average molecular weight is 213 g/mol. The van der Waals surface area contributed by atoms with Crippen LogP contribution in [0, 0.1) is 0 Å². The normalized spacial score (nSPS) is 10.4. The lowest BCUT2D eigenvalue weighted by Crippen LogP contribution is -1.95. The Labute approximate surface area is 88.3 Å². The van der Waals surface area contributed by atoms with Crippen molar-refractivity contribution in [3.63, 3.8) is 0 Å². The summed E-state index contributed by atoms with van der Waals surface area (Å²) in [5.41, 5.74) is 6.40. The predicted octanol–water partition coefficient (Wildman–Crippen LogP) is 1.33. The fourth-order valence-electron chi connectivity index (χ4n) is 0.921. The van der Waals surface area contributed by atoms with Crippen LogP contribution in [0.4, 0.5) is 5.82 Å². The highest BCUT2D eigenvalue weighted by Gasteiger charge is 1.95. The molecule has 0 aliphatic heterocycles. The first-order valence-corrected chi connectivity index (χ1v) is 5.61. The number of anilines is 1. The Kier molecular flexibility index (Phi) is 5.32. The minimum absolute atomic E-state index is 0.470. The Morgan fingerprint density at radius 1 is 1.43 bits per heavy atom. The third-order valence-corrected chi connectivity index (χ3v) is 2.69. The molecule has 0 radical (unpaired) electrons. The van der Waals surface area contributed by atoms with E-state index in [1.165, 1.54) is 0 Å². The third kappa shape index (κ3) is 4.43. The predicted molar refractivity (Wildman–Crippen MR) is 59.1 cm³/mol. The zero-order valence-electron chi connectivity index (χ0n) is 8.27. The Bertz CT molecular complexity index is 253. The van der Waals surface area contributed by atoms with Crippen LogP contribution in [0.15, 0.2) is 12.4 Å². The van der Waals surface area contributed by atoms with Gasteiger partial charge in [-0.1, -0.05) is 0 Å². The highest BCUT2D eigenvalue weighted by molar-refractivity contribution is 7.98. The van der Waals surface area contributed by atoms with Crippen molar-refractivity contribution in [2.75, 3.05) is 25.2 Å². The maximum atomic E-state index is 5.42. The van der Waals surface area contributed by atoms with Crippen LogP contribution >= 0.6 is 11.8 Å². The molecular weight excluding hydrogens is 198 g/mol. The number of aromatic nitrogens is 2. The number of methoxy groups -OCH3 is 1. The average Bonchev–Trinajstić information content (AvgIpc) is 2.21. The summed E-state index contributed by atoms with van der Waals surface area (Å²) >= 11 is 1.83. The molecule has 0 atom stereocenters. The second-order valence-electron chi connectivity index (χ2n) is 2.83. The molecule has 1 rings (SSSR count). The monoisotopic (exact) mass is 213 g/mol. The molecule has 0 amide bonds. The van der Waals surface area contributed by atoms with Gasteiger partial charge in [0.25, 0.3) is 0 Å². The van der Waals surface area contributed by atoms with E-state index >= 15 is 0 Å². The van der Waals surface area contributed by atoms with Crippen molar-refractivity contribution >= 4 is 17.6 Å². The Hall–Kier alpha value is -0.810. The molecule has 78 valence electrons. The topological polar surface area (TPSA) is 61.0 Å². The summed E-state index contributed by atoms with van der Waals surface area (Å²) in [5, 5.41) is 0. The Morgan fingerprint density at radius 3 is 2.93 bits per heavy atom. The molecule has 0 aliphatic rings. The molecule has 0 aromatic carbocycles. The Morgan fingerprint density at radius 2 is 2.29 bits per heavy atom. The number of rotatable bonds is 6. The maximum absolute atomic E-state index is 5.42. The van der Waals surface area contributed by atoms with E-state index in [0.717, 1.165) is 30.2 Å². The molecule has 4 nitrogen and oxygen atoms in total. The molecule has 0 unspecified atom stereocenters. The third-order valence-electron chi connectivity index (χ3n) is 1.61. The van der Waals surface area contributed by atoms with E-state index in [2.05, 4.69) is 9.97 Å². The number of nitrogens with zero attached hydrogens (tertiary/aromatic N) is 2. The lowest BCUT2D eigenvalue weighted by atomic mass is 10.5. The van der Waals surface area contributed by atoms with Gasteiger partial charge in [-0.25, -0.2) is 4.98 Å². The minimum Gasteiger partial charge on any atom is -0.385 e. The van der Waals surface area contributed by atoms with Crippen molar-refractivity contribution in [2.24, 2.45) is 0 Å². The molecule has 2 N–H and O–H groups in total. The molecule has 0 saturated heterocycles. The molecule has 0 fully saturated rings. The van der Waals surface area contributed by atoms with Gasteiger partial charge >= 0.3 is 0 Å². The zero-order valence-corrected chi connectivity index (χ0v) is 9.09. The SMILES string of the molecule is COCCCSCc1cnc(N)cn1. The van der Waals surface area contributed by atoms with Crippen LogP contribution in [-0.4, -0.2) is 29.4 Å². The Balaban J connectivity index is 2.15. The summed E-state index contributed by atoms with van der Waals surface area (Å²) < 4.78 is 4.95. The fraction of sp³-hybridized carbons (Fsp3) is 0.556. The lowest BCUT2D eigenvalue weighted by molar-refractivity contribution is 0.200. The first-order chi connectivity index (χ1) is 6.83. The van der Waals surface area contributed by atoms with Gasteiger partial charge < -0.3 is 10.5 Å². The van der Waals surface area contributed by atoms with E-state index in [0.29, 0.717) is 5.82 Å². The van der Waals surface area contributed by atoms with Crippen LogP contribution in [0.2, 0.25) is 0 Å². The summed E-state index contributed by atoms with van der Waals surface area (Å²) in [4.78, 5) is 8.13. The van der Waals surface area contributed by atoms with Gasteiger partial charge in [-0.15, -0.1) is 0 Å². The summed E-state index contributed by atoms with van der Waals surface area (Å²) in [5.74, 6) is 2.44. The second kappa shape index (κ2) is 6.62. The van der Waals surface area contributed by atoms with Crippen molar-refractivity contribution in [1.82, 2.24) is 9.97 Å². The van der Waals surface area contributed by atoms with Crippen molar-refractivity contribution < 1.29 is 4.74 Å². The molecule has 1 aromatic rings. The van der Waals surface area contributed by atoms with Crippen LogP contribution in [0.5, 0.6) is 0 Å². The van der Waals surface area contributed by atoms with E-state index in [-0.39, 0.29) is 0 Å².